The average molecular weight is 353 g/mol. The number of piperidine rings is 2. The molecule has 2 aliphatic heterocycles. The molecule has 0 saturated carbocycles. The van der Waals surface area contributed by atoms with Gasteiger partial charge >= 0.3 is 5.97 Å². The van der Waals surface area contributed by atoms with Gasteiger partial charge in [0.15, 0.2) is 0 Å². The molecule has 0 amide bonds. The third kappa shape index (κ3) is 3.64. The second-order valence-electron chi connectivity index (χ2n) is 5.99. The Labute approximate surface area is 134 Å². The summed E-state index contributed by atoms with van der Waals surface area (Å²) in [7, 11) is 0. The number of carbonyl (C=O) groups is 1. The number of rotatable bonds is 3. The van der Waals surface area contributed by atoms with E-state index in [1.807, 2.05) is 0 Å². The van der Waals surface area contributed by atoms with Gasteiger partial charge in [-0.3, -0.25) is 9.88 Å². The first-order chi connectivity index (χ1) is 10.2. The minimum Gasteiger partial charge on any atom is -0.462 e. The van der Waals surface area contributed by atoms with Crippen LogP contribution in [0.2, 0.25) is 0 Å². The number of hydrogen-bond acceptors (Lipinski definition) is 4. The van der Waals surface area contributed by atoms with E-state index >= 15 is 0 Å². The average Bonchev–Trinajstić information content (AvgIpc) is 2.52. The largest absolute Gasteiger partial charge is 0.462 e. The molecular formula is C16H21BrN2O2. The molecule has 3 rings (SSSR count). The Morgan fingerprint density at radius 1 is 1.29 bits per heavy atom. The molecular weight excluding hydrogens is 332 g/mol. The molecule has 4 nitrogen and oxygen atoms in total. The lowest BCUT2D eigenvalue weighted by Crippen LogP contribution is -2.49. The highest BCUT2D eigenvalue weighted by atomic mass is 79.9. The molecule has 114 valence electrons. The third-order valence-corrected chi connectivity index (χ3v) is 5.03. The molecule has 2 atom stereocenters. The molecule has 0 bridgehead atoms. The van der Waals surface area contributed by atoms with Crippen molar-refractivity contribution < 1.29 is 9.53 Å². The fourth-order valence-electron chi connectivity index (χ4n) is 3.56. The van der Waals surface area contributed by atoms with Gasteiger partial charge in [0, 0.05) is 28.8 Å². The number of ether oxygens (including phenoxy) is 1. The van der Waals surface area contributed by atoms with E-state index in [2.05, 4.69) is 25.8 Å². The summed E-state index contributed by atoms with van der Waals surface area (Å²) in [6, 6.07) is 2.37. The molecule has 1 aromatic rings. The number of nitrogens with zero attached hydrogens (tertiary/aromatic N) is 2. The van der Waals surface area contributed by atoms with Gasteiger partial charge in [0.25, 0.3) is 0 Å². The molecule has 0 spiro atoms. The minimum absolute atomic E-state index is 0.267. The van der Waals surface area contributed by atoms with E-state index < -0.39 is 0 Å². The van der Waals surface area contributed by atoms with Crippen LogP contribution in [-0.2, 0) is 4.74 Å². The SMILES string of the molecule is O=C(OCC1CCCN2CCCCC12)c1cncc(Br)c1. The van der Waals surface area contributed by atoms with Crippen LogP contribution in [0, 0.1) is 5.92 Å². The summed E-state index contributed by atoms with van der Waals surface area (Å²) in [6.45, 7) is 2.96. The fraction of sp³-hybridized carbons (Fsp3) is 0.625. The van der Waals surface area contributed by atoms with Gasteiger partial charge in [-0.05, 0) is 60.8 Å². The van der Waals surface area contributed by atoms with Crippen molar-refractivity contribution in [1.29, 1.82) is 0 Å². The lowest BCUT2D eigenvalue weighted by Gasteiger charge is -2.44. The van der Waals surface area contributed by atoms with Crippen LogP contribution in [-0.4, -0.2) is 41.6 Å². The van der Waals surface area contributed by atoms with Crippen molar-refractivity contribution in [2.45, 2.75) is 38.1 Å². The third-order valence-electron chi connectivity index (χ3n) is 4.60. The Hall–Kier alpha value is -0.940. The van der Waals surface area contributed by atoms with Crippen LogP contribution in [0.4, 0.5) is 0 Å². The smallest absolute Gasteiger partial charge is 0.339 e. The van der Waals surface area contributed by atoms with Gasteiger partial charge in [-0.15, -0.1) is 0 Å². The molecule has 0 radical (unpaired) electrons. The molecule has 1 aromatic heterocycles. The van der Waals surface area contributed by atoms with E-state index in [1.54, 1.807) is 18.5 Å². The predicted octanol–water partition coefficient (Wildman–Crippen LogP) is 3.27. The minimum atomic E-state index is -0.267. The summed E-state index contributed by atoms with van der Waals surface area (Å²) >= 11 is 3.33. The van der Waals surface area contributed by atoms with E-state index in [4.69, 9.17) is 4.74 Å². The Morgan fingerprint density at radius 2 is 2.14 bits per heavy atom. The van der Waals surface area contributed by atoms with Gasteiger partial charge < -0.3 is 4.74 Å². The van der Waals surface area contributed by atoms with Crippen molar-refractivity contribution in [1.82, 2.24) is 9.88 Å². The molecule has 5 heteroatoms. The second-order valence-corrected chi connectivity index (χ2v) is 6.91. The fourth-order valence-corrected chi connectivity index (χ4v) is 3.93. The number of fused-ring (bicyclic) bond motifs is 1. The summed E-state index contributed by atoms with van der Waals surface area (Å²) in [5.74, 6) is 0.222. The topological polar surface area (TPSA) is 42.4 Å². The first-order valence-corrected chi connectivity index (χ1v) is 8.55. The Bertz CT molecular complexity index is 507. The zero-order valence-electron chi connectivity index (χ0n) is 12.1. The van der Waals surface area contributed by atoms with E-state index in [1.165, 1.54) is 45.2 Å². The molecule has 3 heterocycles. The highest BCUT2D eigenvalue weighted by molar-refractivity contribution is 9.10. The number of esters is 1. The molecule has 0 N–H and O–H groups in total. The first kappa shape index (κ1) is 15.0. The highest BCUT2D eigenvalue weighted by Crippen LogP contribution is 2.31. The van der Waals surface area contributed by atoms with Gasteiger partial charge in [0.05, 0.1) is 12.2 Å². The molecule has 2 fully saturated rings. The van der Waals surface area contributed by atoms with Crippen LogP contribution >= 0.6 is 15.9 Å². The quantitative estimate of drug-likeness (QED) is 0.783. The molecule has 2 saturated heterocycles. The van der Waals surface area contributed by atoms with E-state index in [-0.39, 0.29) is 5.97 Å². The number of carbonyl (C=O) groups excluding carboxylic acids is 1. The van der Waals surface area contributed by atoms with Crippen LogP contribution < -0.4 is 0 Å². The second kappa shape index (κ2) is 6.88. The first-order valence-electron chi connectivity index (χ1n) is 7.76. The van der Waals surface area contributed by atoms with E-state index in [0.29, 0.717) is 24.1 Å². The van der Waals surface area contributed by atoms with Gasteiger partial charge in [-0.1, -0.05) is 6.42 Å². The highest BCUT2D eigenvalue weighted by Gasteiger charge is 2.33. The maximum Gasteiger partial charge on any atom is 0.339 e. The number of pyridine rings is 1. The zero-order chi connectivity index (χ0) is 14.7. The van der Waals surface area contributed by atoms with Crippen molar-refractivity contribution in [3.63, 3.8) is 0 Å². The lowest BCUT2D eigenvalue weighted by atomic mass is 9.84. The van der Waals surface area contributed by atoms with Gasteiger partial charge in [0.2, 0.25) is 0 Å². The molecule has 0 aliphatic carbocycles. The van der Waals surface area contributed by atoms with Crippen molar-refractivity contribution >= 4 is 21.9 Å². The Balaban J connectivity index is 1.57. The van der Waals surface area contributed by atoms with Gasteiger partial charge in [0.1, 0.15) is 0 Å². The number of hydrogen-bond donors (Lipinski definition) is 0. The summed E-state index contributed by atoms with van der Waals surface area (Å²) in [4.78, 5) is 18.7. The molecule has 21 heavy (non-hydrogen) atoms. The van der Waals surface area contributed by atoms with E-state index in [0.717, 1.165) is 4.47 Å². The van der Waals surface area contributed by atoms with Crippen LogP contribution in [0.15, 0.2) is 22.9 Å². The predicted molar refractivity (Wildman–Crippen MR) is 84.2 cm³/mol. The number of aromatic nitrogens is 1. The summed E-state index contributed by atoms with van der Waals surface area (Å²) in [5, 5.41) is 0. The summed E-state index contributed by atoms with van der Waals surface area (Å²) < 4.78 is 6.34. The lowest BCUT2D eigenvalue weighted by molar-refractivity contribution is 0.00736. The summed E-state index contributed by atoms with van der Waals surface area (Å²) in [6.07, 6.45) is 9.48. The van der Waals surface area contributed by atoms with Crippen LogP contribution in [0.25, 0.3) is 0 Å². The van der Waals surface area contributed by atoms with Crippen molar-refractivity contribution in [3.05, 3.63) is 28.5 Å². The van der Waals surface area contributed by atoms with Crippen molar-refractivity contribution in [3.8, 4) is 0 Å². The standard InChI is InChI=1S/C16H21BrN2O2/c17-14-8-13(9-18-10-14)16(20)21-11-12-4-3-7-19-6-2-1-5-15(12)19/h8-10,12,15H,1-7,11H2. The van der Waals surface area contributed by atoms with Gasteiger partial charge in [-0.2, -0.15) is 0 Å². The van der Waals surface area contributed by atoms with Crippen molar-refractivity contribution in [2.75, 3.05) is 19.7 Å². The molecule has 0 aromatic carbocycles. The van der Waals surface area contributed by atoms with Gasteiger partial charge in [-0.25, -0.2) is 4.79 Å². The maximum atomic E-state index is 12.1. The Kier molecular flexibility index (Phi) is 4.91. The number of halogens is 1. The van der Waals surface area contributed by atoms with Crippen LogP contribution in [0.5, 0.6) is 0 Å². The normalized spacial score (nSPS) is 26.1. The monoisotopic (exact) mass is 352 g/mol. The van der Waals surface area contributed by atoms with Crippen LogP contribution in [0.3, 0.4) is 0 Å². The Morgan fingerprint density at radius 3 is 3.00 bits per heavy atom. The van der Waals surface area contributed by atoms with Crippen LogP contribution in [0.1, 0.15) is 42.5 Å². The van der Waals surface area contributed by atoms with Crippen molar-refractivity contribution in [2.24, 2.45) is 5.92 Å². The molecule has 2 unspecified atom stereocenters. The molecule has 2 aliphatic rings. The maximum absolute atomic E-state index is 12.1. The van der Waals surface area contributed by atoms with E-state index in [9.17, 15) is 4.79 Å². The zero-order valence-corrected chi connectivity index (χ0v) is 13.7. The summed E-state index contributed by atoms with van der Waals surface area (Å²) in [5.41, 5.74) is 0.515.